The summed E-state index contributed by atoms with van der Waals surface area (Å²) in [4.78, 5) is 23.1. The van der Waals surface area contributed by atoms with E-state index in [2.05, 4.69) is 10.6 Å². The highest BCUT2D eigenvalue weighted by atomic mass is 19.1. The maximum absolute atomic E-state index is 13.5. The Balaban J connectivity index is 2.77. The minimum absolute atomic E-state index is 0.0577. The number of urea groups is 1. The zero-order valence-corrected chi connectivity index (χ0v) is 12.2. The number of rotatable bonds is 6. The van der Waals surface area contributed by atoms with Crippen molar-refractivity contribution in [2.24, 2.45) is 0 Å². The zero-order valence-electron chi connectivity index (χ0n) is 12.2. The van der Waals surface area contributed by atoms with Crippen molar-refractivity contribution in [2.45, 2.75) is 32.2 Å². The molecule has 1 atom stereocenters. The molecule has 0 saturated carbocycles. The van der Waals surface area contributed by atoms with Crippen LogP contribution in [0, 0.1) is 5.82 Å². The van der Waals surface area contributed by atoms with Crippen molar-refractivity contribution in [2.75, 3.05) is 12.4 Å². The molecule has 0 aliphatic rings. The Hall–Kier alpha value is -2.31. The molecule has 7 heteroatoms. The molecule has 0 fully saturated rings. The number of carbonyl (C=O) groups excluding carboxylic acids is 1. The number of methoxy groups -OCH3 is 1. The number of carbonyl (C=O) groups is 2. The molecule has 6 nitrogen and oxygen atoms in total. The largest absolute Gasteiger partial charge is 0.494 e. The summed E-state index contributed by atoms with van der Waals surface area (Å²) >= 11 is 0. The number of anilines is 1. The van der Waals surface area contributed by atoms with Gasteiger partial charge in [-0.1, -0.05) is 13.3 Å². The molecule has 1 aromatic carbocycles. The Labute approximate surface area is 122 Å². The van der Waals surface area contributed by atoms with Gasteiger partial charge in [0.15, 0.2) is 11.6 Å². The van der Waals surface area contributed by atoms with Gasteiger partial charge in [-0.15, -0.1) is 0 Å². The van der Waals surface area contributed by atoms with Crippen LogP contribution in [0.3, 0.4) is 0 Å². The van der Waals surface area contributed by atoms with Crippen molar-refractivity contribution >= 4 is 17.7 Å². The van der Waals surface area contributed by atoms with Gasteiger partial charge >= 0.3 is 12.0 Å². The Morgan fingerprint density at radius 1 is 1.43 bits per heavy atom. The van der Waals surface area contributed by atoms with Crippen molar-refractivity contribution in [3.8, 4) is 5.75 Å². The standard InChI is InChI=1S/C14H19FN2O4/c1-4-7-14(2,12(18)19)17-13(20)16-9-5-6-11(21-3)10(15)8-9/h5-6,8H,4,7H2,1-3H3,(H,18,19)(H2,16,17,20). The third kappa shape index (κ3) is 4.34. The molecule has 2 amide bonds. The van der Waals surface area contributed by atoms with Crippen LogP contribution in [0.1, 0.15) is 26.7 Å². The first-order chi connectivity index (χ1) is 9.82. The molecule has 1 unspecified atom stereocenters. The Kier molecular flexibility index (Phi) is 5.52. The van der Waals surface area contributed by atoms with Crippen LogP contribution in [-0.2, 0) is 4.79 Å². The molecule has 21 heavy (non-hydrogen) atoms. The fourth-order valence-electron chi connectivity index (χ4n) is 1.88. The van der Waals surface area contributed by atoms with Crippen molar-refractivity contribution in [1.82, 2.24) is 5.32 Å². The Morgan fingerprint density at radius 2 is 2.10 bits per heavy atom. The summed E-state index contributed by atoms with van der Waals surface area (Å²) in [6.45, 7) is 3.24. The van der Waals surface area contributed by atoms with Crippen molar-refractivity contribution in [1.29, 1.82) is 0 Å². The maximum atomic E-state index is 13.5. The summed E-state index contributed by atoms with van der Waals surface area (Å²) in [7, 11) is 1.33. The first-order valence-corrected chi connectivity index (χ1v) is 6.48. The lowest BCUT2D eigenvalue weighted by atomic mass is 9.97. The first-order valence-electron chi connectivity index (χ1n) is 6.48. The molecule has 0 spiro atoms. The maximum Gasteiger partial charge on any atom is 0.329 e. The second-order valence-corrected chi connectivity index (χ2v) is 4.82. The molecule has 0 saturated heterocycles. The van der Waals surface area contributed by atoms with Gasteiger partial charge in [-0.3, -0.25) is 0 Å². The van der Waals surface area contributed by atoms with Gasteiger partial charge in [0.2, 0.25) is 0 Å². The topological polar surface area (TPSA) is 87.7 Å². The van der Waals surface area contributed by atoms with E-state index in [-0.39, 0.29) is 17.9 Å². The van der Waals surface area contributed by atoms with Crippen LogP contribution in [0.15, 0.2) is 18.2 Å². The van der Waals surface area contributed by atoms with Gasteiger partial charge in [0.1, 0.15) is 5.54 Å². The zero-order chi connectivity index (χ0) is 16.0. The summed E-state index contributed by atoms with van der Waals surface area (Å²) in [5.41, 5.74) is -1.17. The van der Waals surface area contributed by atoms with Gasteiger partial charge in [0, 0.05) is 11.8 Å². The van der Waals surface area contributed by atoms with Crippen LogP contribution in [0.25, 0.3) is 0 Å². The third-order valence-electron chi connectivity index (χ3n) is 3.02. The molecule has 0 heterocycles. The van der Waals surface area contributed by atoms with E-state index in [1.807, 2.05) is 6.92 Å². The van der Waals surface area contributed by atoms with Crippen molar-refractivity contribution < 1.29 is 23.8 Å². The van der Waals surface area contributed by atoms with Crippen molar-refractivity contribution in [3.63, 3.8) is 0 Å². The number of halogens is 1. The number of hydrogen-bond acceptors (Lipinski definition) is 3. The van der Waals surface area contributed by atoms with Crippen LogP contribution in [-0.4, -0.2) is 29.8 Å². The molecule has 3 N–H and O–H groups in total. The molecular weight excluding hydrogens is 279 g/mol. The van der Waals surface area contributed by atoms with Gasteiger partial charge in [-0.25, -0.2) is 14.0 Å². The number of aliphatic carboxylic acids is 1. The van der Waals surface area contributed by atoms with Gasteiger partial charge in [-0.05, 0) is 25.5 Å². The van der Waals surface area contributed by atoms with E-state index in [4.69, 9.17) is 4.74 Å². The number of nitrogens with one attached hydrogen (secondary N) is 2. The normalized spacial score (nSPS) is 13.1. The minimum Gasteiger partial charge on any atom is -0.494 e. The van der Waals surface area contributed by atoms with Gasteiger partial charge in [0.05, 0.1) is 7.11 Å². The molecule has 1 rings (SSSR count). The van der Waals surface area contributed by atoms with Crippen molar-refractivity contribution in [3.05, 3.63) is 24.0 Å². The molecular formula is C14H19FN2O4. The monoisotopic (exact) mass is 298 g/mol. The molecule has 0 aromatic heterocycles. The van der Waals surface area contributed by atoms with E-state index >= 15 is 0 Å². The average Bonchev–Trinajstić information content (AvgIpc) is 2.38. The van der Waals surface area contributed by atoms with E-state index in [1.165, 1.54) is 26.2 Å². The number of ether oxygens (including phenoxy) is 1. The van der Waals surface area contributed by atoms with Crippen LogP contribution in [0.4, 0.5) is 14.9 Å². The summed E-state index contributed by atoms with van der Waals surface area (Å²) < 4.78 is 18.3. The minimum atomic E-state index is -1.37. The predicted molar refractivity (Wildman–Crippen MR) is 76.1 cm³/mol. The number of carboxylic acids is 1. The van der Waals surface area contributed by atoms with E-state index in [9.17, 15) is 19.1 Å². The second kappa shape index (κ2) is 6.92. The fourth-order valence-corrected chi connectivity index (χ4v) is 1.88. The predicted octanol–water partition coefficient (Wildman–Crippen LogP) is 2.60. The number of carboxylic acid groups (broad SMARTS) is 1. The van der Waals surface area contributed by atoms with Crippen LogP contribution >= 0.6 is 0 Å². The highest BCUT2D eigenvalue weighted by molar-refractivity contribution is 5.93. The number of hydrogen-bond donors (Lipinski definition) is 3. The van der Waals surface area contributed by atoms with Crippen LogP contribution in [0.5, 0.6) is 5.75 Å². The molecule has 0 bridgehead atoms. The number of amides is 2. The third-order valence-corrected chi connectivity index (χ3v) is 3.02. The summed E-state index contributed by atoms with van der Waals surface area (Å²) in [5.74, 6) is -1.69. The average molecular weight is 298 g/mol. The van der Waals surface area contributed by atoms with E-state index in [0.717, 1.165) is 6.07 Å². The van der Waals surface area contributed by atoms with E-state index in [1.54, 1.807) is 0 Å². The van der Waals surface area contributed by atoms with Gasteiger partial charge < -0.3 is 20.5 Å². The van der Waals surface area contributed by atoms with Gasteiger partial charge in [0.25, 0.3) is 0 Å². The molecule has 0 radical (unpaired) electrons. The second-order valence-electron chi connectivity index (χ2n) is 4.82. The SMILES string of the molecule is CCCC(C)(NC(=O)Nc1ccc(OC)c(F)c1)C(=O)O. The molecule has 1 aromatic rings. The molecule has 0 aliphatic carbocycles. The lowest BCUT2D eigenvalue weighted by molar-refractivity contribution is -0.143. The number of benzene rings is 1. The van der Waals surface area contributed by atoms with E-state index in [0.29, 0.717) is 6.42 Å². The lowest BCUT2D eigenvalue weighted by Crippen LogP contribution is -2.53. The quantitative estimate of drug-likeness (QED) is 0.753. The summed E-state index contributed by atoms with van der Waals surface area (Å²) in [5, 5.41) is 14.0. The highest BCUT2D eigenvalue weighted by Crippen LogP contribution is 2.21. The van der Waals surface area contributed by atoms with Gasteiger partial charge in [-0.2, -0.15) is 0 Å². The summed E-state index contributed by atoms with van der Waals surface area (Å²) in [6, 6.07) is 3.21. The summed E-state index contributed by atoms with van der Waals surface area (Å²) in [6.07, 6.45) is 0.882. The lowest BCUT2D eigenvalue weighted by Gasteiger charge is -2.25. The Morgan fingerprint density at radius 3 is 2.57 bits per heavy atom. The smallest absolute Gasteiger partial charge is 0.329 e. The highest BCUT2D eigenvalue weighted by Gasteiger charge is 2.33. The fraction of sp³-hybridized carbons (Fsp3) is 0.429. The molecule has 0 aliphatic heterocycles. The van der Waals surface area contributed by atoms with Crippen LogP contribution in [0.2, 0.25) is 0 Å². The Bertz CT molecular complexity index is 536. The van der Waals surface area contributed by atoms with E-state index < -0.39 is 23.4 Å². The first kappa shape index (κ1) is 16.7. The van der Waals surface area contributed by atoms with Crippen LogP contribution < -0.4 is 15.4 Å². The molecule has 116 valence electrons.